The minimum absolute atomic E-state index is 0.142. The van der Waals surface area contributed by atoms with E-state index < -0.39 is 0 Å². The van der Waals surface area contributed by atoms with Crippen molar-refractivity contribution in [2.24, 2.45) is 0 Å². The smallest absolute Gasteiger partial charge is 0.224 e. The summed E-state index contributed by atoms with van der Waals surface area (Å²) in [7, 11) is 0. The van der Waals surface area contributed by atoms with Gasteiger partial charge in [0.25, 0.3) is 0 Å². The number of para-hydroxylation sites is 2. The highest BCUT2D eigenvalue weighted by atomic mass is 79.9. The average Bonchev–Trinajstić information content (AvgIpc) is 2.95. The fourth-order valence-electron chi connectivity index (χ4n) is 2.37. The van der Waals surface area contributed by atoms with Gasteiger partial charge in [-0.25, -0.2) is 9.37 Å². The van der Waals surface area contributed by atoms with Crippen molar-refractivity contribution in [2.75, 3.05) is 0 Å². The Kier molecular flexibility index (Phi) is 4.43. The number of nitrogens with zero attached hydrogens (tertiary/aromatic N) is 1. The molecule has 4 nitrogen and oxygen atoms in total. The number of amides is 1. The molecule has 3 rings (SSSR count). The molecule has 0 radical (unpaired) electrons. The molecule has 3 aromatic rings. The van der Waals surface area contributed by atoms with Crippen LogP contribution in [-0.4, -0.2) is 15.9 Å². The normalized spacial score (nSPS) is 12.3. The zero-order valence-corrected chi connectivity index (χ0v) is 14.0. The summed E-state index contributed by atoms with van der Waals surface area (Å²) in [5.41, 5.74) is 2.55. The van der Waals surface area contributed by atoms with Crippen LogP contribution in [0.3, 0.4) is 0 Å². The molecule has 6 heteroatoms. The lowest BCUT2D eigenvalue weighted by Crippen LogP contribution is -2.28. The van der Waals surface area contributed by atoms with E-state index in [0.717, 1.165) is 16.6 Å². The number of halogens is 2. The van der Waals surface area contributed by atoms with E-state index in [2.05, 4.69) is 31.2 Å². The summed E-state index contributed by atoms with van der Waals surface area (Å²) in [4.78, 5) is 19.8. The highest BCUT2D eigenvalue weighted by Gasteiger charge is 2.14. The minimum Gasteiger partial charge on any atom is -0.346 e. The highest BCUT2D eigenvalue weighted by Crippen LogP contribution is 2.18. The number of fused-ring (bicyclic) bond motifs is 1. The Bertz CT molecular complexity index is 829. The van der Waals surface area contributed by atoms with Crippen LogP contribution in [0.2, 0.25) is 0 Å². The Balaban J connectivity index is 1.67. The van der Waals surface area contributed by atoms with Gasteiger partial charge < -0.3 is 10.3 Å². The number of imidazole rings is 1. The van der Waals surface area contributed by atoms with Crippen molar-refractivity contribution >= 4 is 32.9 Å². The first kappa shape index (κ1) is 15.7. The summed E-state index contributed by atoms with van der Waals surface area (Å²) in [5.74, 6) is 0.223. The number of carbonyl (C=O) groups excluding carboxylic acids is 1. The molecular weight excluding hydrogens is 361 g/mol. The van der Waals surface area contributed by atoms with Gasteiger partial charge in [-0.1, -0.05) is 18.2 Å². The first-order valence-corrected chi connectivity index (χ1v) is 8.00. The van der Waals surface area contributed by atoms with Crippen molar-refractivity contribution < 1.29 is 9.18 Å². The lowest BCUT2D eigenvalue weighted by Gasteiger charge is -2.11. The van der Waals surface area contributed by atoms with Crippen molar-refractivity contribution in [3.05, 3.63) is 64.1 Å². The molecule has 1 aromatic heterocycles. The van der Waals surface area contributed by atoms with Crippen molar-refractivity contribution in [2.45, 2.75) is 19.4 Å². The Morgan fingerprint density at radius 1 is 1.35 bits per heavy atom. The van der Waals surface area contributed by atoms with E-state index in [4.69, 9.17) is 0 Å². The molecule has 0 spiro atoms. The molecule has 2 N–H and O–H groups in total. The predicted octanol–water partition coefficient (Wildman–Crippen LogP) is 3.88. The maximum absolute atomic E-state index is 13.2. The number of rotatable bonds is 4. The number of hydrogen-bond acceptors (Lipinski definition) is 2. The minimum atomic E-state index is -0.343. The number of benzene rings is 2. The van der Waals surface area contributed by atoms with Gasteiger partial charge in [-0.05, 0) is 52.7 Å². The summed E-state index contributed by atoms with van der Waals surface area (Å²) < 4.78 is 13.6. The van der Waals surface area contributed by atoms with Crippen LogP contribution in [0.4, 0.5) is 4.39 Å². The third-order valence-corrected chi connectivity index (χ3v) is 4.15. The zero-order chi connectivity index (χ0) is 16.4. The third kappa shape index (κ3) is 3.59. The molecular formula is C17H15BrFN3O. The van der Waals surface area contributed by atoms with Gasteiger partial charge in [0.2, 0.25) is 5.91 Å². The molecule has 1 heterocycles. The van der Waals surface area contributed by atoms with Crippen molar-refractivity contribution in [3.8, 4) is 0 Å². The molecule has 0 saturated heterocycles. The molecule has 23 heavy (non-hydrogen) atoms. The fraction of sp³-hybridized carbons (Fsp3) is 0.176. The van der Waals surface area contributed by atoms with Crippen LogP contribution in [-0.2, 0) is 11.2 Å². The lowest BCUT2D eigenvalue weighted by molar-refractivity contribution is -0.121. The molecule has 0 aliphatic heterocycles. The first-order valence-electron chi connectivity index (χ1n) is 7.21. The Morgan fingerprint density at radius 3 is 2.87 bits per heavy atom. The van der Waals surface area contributed by atoms with Crippen LogP contribution in [0.1, 0.15) is 24.4 Å². The van der Waals surface area contributed by atoms with Gasteiger partial charge in [0.1, 0.15) is 11.6 Å². The van der Waals surface area contributed by atoms with E-state index in [0.29, 0.717) is 10.3 Å². The summed E-state index contributed by atoms with van der Waals surface area (Å²) in [6, 6.07) is 12.0. The van der Waals surface area contributed by atoms with E-state index in [1.54, 1.807) is 12.1 Å². The molecule has 0 aliphatic carbocycles. The second-order valence-electron chi connectivity index (χ2n) is 5.35. The second kappa shape index (κ2) is 6.50. The largest absolute Gasteiger partial charge is 0.346 e. The van der Waals surface area contributed by atoms with Crippen LogP contribution >= 0.6 is 15.9 Å². The maximum atomic E-state index is 13.2. The molecule has 0 fully saturated rings. The van der Waals surface area contributed by atoms with Gasteiger partial charge in [0, 0.05) is 0 Å². The number of aromatic amines is 1. The van der Waals surface area contributed by atoms with Crippen molar-refractivity contribution in [3.63, 3.8) is 0 Å². The molecule has 1 amide bonds. The number of nitrogens with one attached hydrogen (secondary N) is 2. The monoisotopic (exact) mass is 375 g/mol. The molecule has 1 atom stereocenters. The Labute approximate surface area is 141 Å². The molecule has 2 aromatic carbocycles. The van der Waals surface area contributed by atoms with Crippen molar-refractivity contribution in [1.29, 1.82) is 0 Å². The molecule has 0 bridgehead atoms. The standard InChI is InChI=1S/C17H15BrFN3O/c1-10(17-21-14-4-2-3-5-15(14)22-17)20-16(23)9-11-6-7-13(19)12(18)8-11/h2-8,10H,9H2,1H3,(H,20,23)(H,21,22). The van der Waals surface area contributed by atoms with Gasteiger partial charge >= 0.3 is 0 Å². The number of carbonyl (C=O) groups is 1. The fourth-order valence-corrected chi connectivity index (χ4v) is 2.80. The van der Waals surface area contributed by atoms with Crippen LogP contribution in [0, 0.1) is 5.82 Å². The van der Waals surface area contributed by atoms with E-state index in [1.807, 2.05) is 31.2 Å². The predicted molar refractivity (Wildman–Crippen MR) is 90.5 cm³/mol. The van der Waals surface area contributed by atoms with E-state index >= 15 is 0 Å². The van der Waals surface area contributed by atoms with Crippen LogP contribution in [0.25, 0.3) is 11.0 Å². The molecule has 118 valence electrons. The van der Waals surface area contributed by atoms with E-state index in [-0.39, 0.29) is 24.2 Å². The van der Waals surface area contributed by atoms with Crippen LogP contribution in [0.15, 0.2) is 46.9 Å². The van der Waals surface area contributed by atoms with Gasteiger partial charge in [0.15, 0.2) is 0 Å². The topological polar surface area (TPSA) is 57.8 Å². The molecule has 0 saturated carbocycles. The lowest BCUT2D eigenvalue weighted by atomic mass is 10.1. The highest BCUT2D eigenvalue weighted by molar-refractivity contribution is 9.10. The van der Waals surface area contributed by atoms with E-state index in [1.165, 1.54) is 6.07 Å². The quantitative estimate of drug-likeness (QED) is 0.726. The Morgan fingerprint density at radius 2 is 2.13 bits per heavy atom. The van der Waals surface area contributed by atoms with Gasteiger partial charge in [-0.15, -0.1) is 0 Å². The average molecular weight is 376 g/mol. The van der Waals surface area contributed by atoms with Crippen molar-refractivity contribution in [1.82, 2.24) is 15.3 Å². The van der Waals surface area contributed by atoms with Gasteiger partial charge in [-0.3, -0.25) is 4.79 Å². The molecule has 0 aliphatic rings. The van der Waals surface area contributed by atoms with Gasteiger partial charge in [0.05, 0.1) is 28.0 Å². The van der Waals surface area contributed by atoms with Gasteiger partial charge in [-0.2, -0.15) is 0 Å². The SMILES string of the molecule is CC(NC(=O)Cc1ccc(F)c(Br)c1)c1nc2ccccc2[nH]1. The maximum Gasteiger partial charge on any atom is 0.224 e. The van der Waals surface area contributed by atoms with Crippen LogP contribution in [0.5, 0.6) is 0 Å². The number of hydrogen-bond donors (Lipinski definition) is 2. The first-order chi connectivity index (χ1) is 11.0. The van der Waals surface area contributed by atoms with E-state index in [9.17, 15) is 9.18 Å². The Hall–Kier alpha value is -2.21. The number of H-pyrrole nitrogens is 1. The summed E-state index contributed by atoms with van der Waals surface area (Å²) in [6.07, 6.45) is 0.184. The summed E-state index contributed by atoms with van der Waals surface area (Å²) in [5, 5.41) is 2.90. The summed E-state index contributed by atoms with van der Waals surface area (Å²) in [6.45, 7) is 1.87. The summed E-state index contributed by atoms with van der Waals surface area (Å²) >= 11 is 3.12. The second-order valence-corrected chi connectivity index (χ2v) is 6.21. The van der Waals surface area contributed by atoms with Crippen LogP contribution < -0.4 is 5.32 Å². The molecule has 1 unspecified atom stereocenters. The number of aromatic nitrogens is 2. The zero-order valence-electron chi connectivity index (χ0n) is 12.4. The third-order valence-electron chi connectivity index (χ3n) is 3.54.